The molecule has 5 aromatic carbocycles. The first-order valence-corrected chi connectivity index (χ1v) is 13.8. The van der Waals surface area contributed by atoms with Crippen LogP contribution in [0.3, 0.4) is 0 Å². The normalized spacial score (nSPS) is 11.6. The minimum absolute atomic E-state index is 0.0782. The lowest BCUT2D eigenvalue weighted by Gasteiger charge is -2.24. The fraction of sp³-hybridized carbons (Fsp3) is 0.0968. The van der Waals surface area contributed by atoms with E-state index in [4.69, 9.17) is 4.74 Å². The number of anilines is 1. The van der Waals surface area contributed by atoms with Crippen LogP contribution in [-0.2, 0) is 14.8 Å². The molecule has 0 radical (unpaired) electrons. The van der Waals surface area contributed by atoms with Crippen LogP contribution in [-0.4, -0.2) is 34.2 Å². The first kappa shape index (κ1) is 25.9. The Morgan fingerprint density at radius 2 is 1.51 bits per heavy atom. The van der Waals surface area contributed by atoms with Crippen molar-refractivity contribution in [1.29, 1.82) is 0 Å². The van der Waals surface area contributed by atoms with Crippen molar-refractivity contribution in [2.24, 2.45) is 5.10 Å². The zero-order chi connectivity index (χ0) is 27.4. The van der Waals surface area contributed by atoms with Crippen LogP contribution in [0, 0.1) is 6.92 Å². The van der Waals surface area contributed by atoms with Gasteiger partial charge in [-0.2, -0.15) is 5.10 Å². The van der Waals surface area contributed by atoms with Gasteiger partial charge in [0, 0.05) is 11.6 Å². The van der Waals surface area contributed by atoms with Crippen molar-refractivity contribution in [2.75, 3.05) is 18.0 Å². The number of hydrazone groups is 1. The fourth-order valence-corrected chi connectivity index (χ4v) is 5.85. The van der Waals surface area contributed by atoms with Gasteiger partial charge in [-0.25, -0.2) is 13.8 Å². The molecule has 1 N–H and O–H groups in total. The maximum atomic E-state index is 13.6. The van der Waals surface area contributed by atoms with Crippen LogP contribution in [0.5, 0.6) is 5.75 Å². The number of aryl methyl sites for hydroxylation is 1. The molecule has 5 aromatic rings. The average Bonchev–Trinajstić information content (AvgIpc) is 2.95. The number of carbonyl (C=O) groups is 1. The highest BCUT2D eigenvalue weighted by Gasteiger charge is 2.27. The van der Waals surface area contributed by atoms with E-state index in [1.54, 1.807) is 42.6 Å². The summed E-state index contributed by atoms with van der Waals surface area (Å²) in [6, 6.07) is 31.1. The molecule has 0 saturated heterocycles. The van der Waals surface area contributed by atoms with Gasteiger partial charge in [0.05, 0.1) is 23.9 Å². The molecule has 0 spiro atoms. The summed E-state index contributed by atoms with van der Waals surface area (Å²) in [4.78, 5) is 13.1. The van der Waals surface area contributed by atoms with Gasteiger partial charge >= 0.3 is 0 Å². The second-order valence-electron chi connectivity index (χ2n) is 9.05. The van der Waals surface area contributed by atoms with Gasteiger partial charge in [0.15, 0.2) is 0 Å². The highest BCUT2D eigenvalue weighted by molar-refractivity contribution is 7.92. The number of ether oxygens (including phenoxy) is 1. The van der Waals surface area contributed by atoms with Gasteiger partial charge < -0.3 is 4.74 Å². The van der Waals surface area contributed by atoms with Crippen molar-refractivity contribution in [3.63, 3.8) is 0 Å². The lowest BCUT2D eigenvalue weighted by atomic mass is 9.97. The lowest BCUT2D eigenvalue weighted by Crippen LogP contribution is -2.39. The first-order valence-electron chi connectivity index (χ1n) is 12.3. The Balaban J connectivity index is 1.45. The molecule has 0 unspecified atom stereocenters. The Labute approximate surface area is 227 Å². The molecule has 196 valence electrons. The zero-order valence-electron chi connectivity index (χ0n) is 21.5. The van der Waals surface area contributed by atoms with Gasteiger partial charge in [0.1, 0.15) is 12.3 Å². The third-order valence-corrected chi connectivity index (χ3v) is 8.22. The molecule has 0 heterocycles. The van der Waals surface area contributed by atoms with E-state index in [-0.39, 0.29) is 4.90 Å². The number of carbonyl (C=O) groups excluding carboxylic acids is 1. The number of fused-ring (bicyclic) bond motifs is 2. The third-order valence-electron chi connectivity index (χ3n) is 6.43. The van der Waals surface area contributed by atoms with Crippen molar-refractivity contribution in [1.82, 2.24) is 5.43 Å². The van der Waals surface area contributed by atoms with Crippen molar-refractivity contribution < 1.29 is 17.9 Å². The van der Waals surface area contributed by atoms with Gasteiger partial charge in [-0.1, -0.05) is 72.3 Å². The Hall–Kier alpha value is -4.69. The van der Waals surface area contributed by atoms with Crippen molar-refractivity contribution >= 4 is 49.4 Å². The second-order valence-corrected chi connectivity index (χ2v) is 10.9. The molecule has 0 fully saturated rings. The topological polar surface area (TPSA) is 88.1 Å². The fourth-order valence-electron chi connectivity index (χ4n) is 4.44. The van der Waals surface area contributed by atoms with Crippen molar-refractivity contribution in [3.05, 3.63) is 114 Å². The quantitative estimate of drug-likeness (QED) is 0.157. The average molecular weight is 538 g/mol. The number of nitrogens with one attached hydrogen (secondary N) is 1. The summed E-state index contributed by atoms with van der Waals surface area (Å²) in [5.41, 5.74) is 4.60. The molecule has 0 bridgehead atoms. The molecular formula is C31H27N3O4S. The van der Waals surface area contributed by atoms with Crippen molar-refractivity contribution in [2.45, 2.75) is 11.8 Å². The number of amides is 1. The summed E-state index contributed by atoms with van der Waals surface area (Å²) in [6.07, 6.45) is 1.60. The molecule has 8 heteroatoms. The number of methoxy groups -OCH3 is 1. The Morgan fingerprint density at radius 1 is 0.872 bits per heavy atom. The molecule has 5 rings (SSSR count). The number of nitrogens with zero attached hydrogens (tertiary/aromatic N) is 2. The minimum Gasteiger partial charge on any atom is -0.497 e. The van der Waals surface area contributed by atoms with E-state index in [1.807, 2.05) is 55.5 Å². The third kappa shape index (κ3) is 5.46. The smallest absolute Gasteiger partial charge is 0.264 e. The van der Waals surface area contributed by atoms with Gasteiger partial charge in [0.2, 0.25) is 0 Å². The molecular weight excluding hydrogens is 510 g/mol. The lowest BCUT2D eigenvalue weighted by molar-refractivity contribution is -0.119. The maximum absolute atomic E-state index is 13.6. The standard InChI is InChI=1S/C31H27N3O4S/c1-22-14-16-27(17-15-22)39(36,37)34(25-10-7-11-26(19-25)38-2)21-31(35)33-32-20-30-28-12-5-3-8-23(28)18-24-9-4-6-13-29(24)30/h3-20H,21H2,1-2H3,(H,33,35)/b32-20-. The van der Waals surface area contributed by atoms with Crippen LogP contribution in [0.4, 0.5) is 5.69 Å². The summed E-state index contributed by atoms with van der Waals surface area (Å²) in [7, 11) is -2.56. The van der Waals surface area contributed by atoms with Gasteiger partial charge in [-0.3, -0.25) is 9.10 Å². The number of hydrogen-bond acceptors (Lipinski definition) is 5. The summed E-state index contributed by atoms with van der Waals surface area (Å²) in [5.74, 6) is -0.118. The SMILES string of the molecule is COc1cccc(N(CC(=O)N/N=C\c2c3ccccc3cc3ccccc23)S(=O)(=O)c2ccc(C)cc2)c1. The van der Waals surface area contributed by atoms with Gasteiger partial charge in [-0.05, 0) is 58.8 Å². The summed E-state index contributed by atoms with van der Waals surface area (Å²) in [5, 5.41) is 8.31. The van der Waals surface area contributed by atoms with Crippen LogP contribution < -0.4 is 14.5 Å². The number of hydrogen-bond donors (Lipinski definition) is 1. The highest BCUT2D eigenvalue weighted by atomic mass is 32.2. The molecule has 0 aromatic heterocycles. The van der Waals surface area contributed by atoms with Crippen LogP contribution in [0.25, 0.3) is 21.5 Å². The van der Waals surface area contributed by atoms with Crippen LogP contribution in [0.15, 0.2) is 113 Å². The molecule has 0 aliphatic rings. The summed E-state index contributed by atoms with van der Waals surface area (Å²) < 4.78 is 33.6. The minimum atomic E-state index is -4.06. The predicted molar refractivity (Wildman–Crippen MR) is 156 cm³/mol. The van der Waals surface area contributed by atoms with Gasteiger partial charge in [0.25, 0.3) is 15.9 Å². The van der Waals surface area contributed by atoms with Crippen LogP contribution in [0.2, 0.25) is 0 Å². The summed E-state index contributed by atoms with van der Waals surface area (Å²) >= 11 is 0. The zero-order valence-corrected chi connectivity index (χ0v) is 22.4. The number of sulfonamides is 1. The molecule has 39 heavy (non-hydrogen) atoms. The monoisotopic (exact) mass is 537 g/mol. The predicted octanol–water partition coefficient (Wildman–Crippen LogP) is 5.66. The van der Waals surface area contributed by atoms with E-state index >= 15 is 0 Å². The van der Waals surface area contributed by atoms with E-state index < -0.39 is 22.5 Å². The van der Waals surface area contributed by atoms with E-state index in [1.165, 1.54) is 19.2 Å². The Morgan fingerprint density at radius 3 is 2.15 bits per heavy atom. The van der Waals surface area contributed by atoms with Crippen LogP contribution >= 0.6 is 0 Å². The molecule has 0 atom stereocenters. The summed E-state index contributed by atoms with van der Waals surface area (Å²) in [6.45, 7) is 1.40. The second kappa shape index (κ2) is 11.0. The highest BCUT2D eigenvalue weighted by Crippen LogP contribution is 2.28. The number of rotatable bonds is 8. The van der Waals surface area contributed by atoms with Crippen LogP contribution in [0.1, 0.15) is 11.1 Å². The van der Waals surface area contributed by atoms with Crippen molar-refractivity contribution in [3.8, 4) is 5.75 Å². The number of benzene rings is 5. The molecule has 0 aliphatic carbocycles. The molecule has 1 amide bonds. The molecule has 0 aliphatic heterocycles. The Bertz CT molecular complexity index is 1740. The Kier molecular flexibility index (Phi) is 7.29. The first-order chi connectivity index (χ1) is 18.9. The van der Waals surface area contributed by atoms with E-state index in [2.05, 4.69) is 16.6 Å². The van der Waals surface area contributed by atoms with E-state index in [0.717, 1.165) is 37.0 Å². The molecule has 7 nitrogen and oxygen atoms in total. The molecule has 0 saturated carbocycles. The largest absolute Gasteiger partial charge is 0.497 e. The van der Waals surface area contributed by atoms with Gasteiger partial charge in [-0.15, -0.1) is 0 Å². The van der Waals surface area contributed by atoms with E-state index in [9.17, 15) is 13.2 Å². The van der Waals surface area contributed by atoms with E-state index in [0.29, 0.717) is 11.4 Å². The maximum Gasteiger partial charge on any atom is 0.264 e.